The zero-order chi connectivity index (χ0) is 11.5. The Hall–Kier alpha value is -0.380. The Kier molecular flexibility index (Phi) is 4.32. The summed E-state index contributed by atoms with van der Waals surface area (Å²) in [4.78, 5) is 0. The van der Waals surface area contributed by atoms with Gasteiger partial charge in [-0.05, 0) is 31.0 Å². The van der Waals surface area contributed by atoms with E-state index in [-0.39, 0.29) is 18.1 Å². The van der Waals surface area contributed by atoms with Crippen molar-refractivity contribution >= 4 is 15.9 Å². The second-order valence-electron chi connectivity index (χ2n) is 4.19. The Morgan fingerprint density at radius 1 is 1.40 bits per heavy atom. The maximum atomic E-state index is 9.10. The van der Waals surface area contributed by atoms with Gasteiger partial charge in [-0.2, -0.15) is 0 Å². The lowest BCUT2D eigenvalue weighted by atomic mass is 9.74. The van der Waals surface area contributed by atoms with Gasteiger partial charge in [0.2, 0.25) is 0 Å². The van der Waals surface area contributed by atoms with Gasteiger partial charge in [-0.3, -0.25) is 0 Å². The van der Waals surface area contributed by atoms with Crippen molar-refractivity contribution in [1.29, 1.82) is 0 Å². The molecule has 0 aliphatic rings. The smallest absolute Gasteiger partial charge is 0.0440 e. The van der Waals surface area contributed by atoms with E-state index in [4.69, 9.17) is 10.8 Å². The maximum absolute atomic E-state index is 9.10. The first-order valence-corrected chi connectivity index (χ1v) is 5.92. The number of halogens is 1. The largest absolute Gasteiger partial charge is 0.396 e. The molecule has 0 saturated heterocycles. The van der Waals surface area contributed by atoms with E-state index in [1.807, 2.05) is 19.1 Å². The van der Waals surface area contributed by atoms with Crippen LogP contribution in [-0.2, 0) is 5.41 Å². The van der Waals surface area contributed by atoms with Crippen LogP contribution >= 0.6 is 15.9 Å². The summed E-state index contributed by atoms with van der Waals surface area (Å²) in [5, 5.41) is 9.10. The van der Waals surface area contributed by atoms with Crippen LogP contribution in [0, 0.1) is 0 Å². The van der Waals surface area contributed by atoms with E-state index in [1.165, 1.54) is 5.56 Å². The quantitative estimate of drug-likeness (QED) is 0.884. The SMILES string of the molecule is CC(N)C(C)(CCO)c1ccc(Br)cc1. The van der Waals surface area contributed by atoms with Crippen LogP contribution in [0.15, 0.2) is 28.7 Å². The van der Waals surface area contributed by atoms with Crippen LogP contribution in [-0.4, -0.2) is 17.8 Å². The summed E-state index contributed by atoms with van der Waals surface area (Å²) in [5.74, 6) is 0. The first-order chi connectivity index (χ1) is 7.00. The molecule has 0 bridgehead atoms. The summed E-state index contributed by atoms with van der Waals surface area (Å²) >= 11 is 3.41. The zero-order valence-corrected chi connectivity index (χ0v) is 10.8. The van der Waals surface area contributed by atoms with E-state index in [2.05, 4.69) is 35.0 Å². The van der Waals surface area contributed by atoms with Gasteiger partial charge in [-0.25, -0.2) is 0 Å². The van der Waals surface area contributed by atoms with Crippen molar-refractivity contribution in [2.45, 2.75) is 31.7 Å². The standard InChI is InChI=1S/C12H18BrNO/c1-9(14)12(2,7-8-15)10-3-5-11(13)6-4-10/h3-6,9,15H,7-8,14H2,1-2H3. The number of nitrogens with two attached hydrogens (primary N) is 1. The fourth-order valence-corrected chi connectivity index (χ4v) is 1.96. The molecule has 0 aliphatic carbocycles. The number of hydrogen-bond donors (Lipinski definition) is 2. The third-order valence-corrected chi connectivity index (χ3v) is 3.67. The van der Waals surface area contributed by atoms with Crippen molar-refractivity contribution in [2.24, 2.45) is 5.73 Å². The first kappa shape index (κ1) is 12.7. The molecule has 0 spiro atoms. The Morgan fingerprint density at radius 3 is 2.33 bits per heavy atom. The predicted molar refractivity (Wildman–Crippen MR) is 66.8 cm³/mol. The molecule has 0 saturated carbocycles. The number of benzene rings is 1. The van der Waals surface area contributed by atoms with Gasteiger partial charge in [0.1, 0.15) is 0 Å². The predicted octanol–water partition coefficient (Wildman–Crippen LogP) is 2.44. The molecule has 3 N–H and O–H groups in total. The summed E-state index contributed by atoms with van der Waals surface area (Å²) in [6.45, 7) is 4.24. The highest BCUT2D eigenvalue weighted by molar-refractivity contribution is 9.10. The van der Waals surface area contributed by atoms with Gasteiger partial charge in [-0.15, -0.1) is 0 Å². The molecule has 1 aromatic rings. The summed E-state index contributed by atoms with van der Waals surface area (Å²) in [6.07, 6.45) is 0.687. The lowest BCUT2D eigenvalue weighted by Crippen LogP contribution is -2.41. The average Bonchev–Trinajstić information content (AvgIpc) is 2.18. The van der Waals surface area contributed by atoms with Crippen LogP contribution in [0.2, 0.25) is 0 Å². The van der Waals surface area contributed by atoms with Crippen molar-refractivity contribution in [2.75, 3.05) is 6.61 Å². The van der Waals surface area contributed by atoms with Gasteiger partial charge < -0.3 is 10.8 Å². The molecule has 2 unspecified atom stereocenters. The van der Waals surface area contributed by atoms with E-state index < -0.39 is 0 Å². The number of aliphatic hydroxyl groups is 1. The van der Waals surface area contributed by atoms with Gasteiger partial charge in [-0.1, -0.05) is 35.0 Å². The summed E-state index contributed by atoms with van der Waals surface area (Å²) in [7, 11) is 0. The molecule has 1 rings (SSSR count). The first-order valence-electron chi connectivity index (χ1n) is 5.13. The highest BCUT2D eigenvalue weighted by atomic mass is 79.9. The Labute approximate surface area is 99.6 Å². The topological polar surface area (TPSA) is 46.2 Å². The molecule has 0 fully saturated rings. The molecule has 15 heavy (non-hydrogen) atoms. The van der Waals surface area contributed by atoms with Gasteiger partial charge >= 0.3 is 0 Å². The van der Waals surface area contributed by atoms with E-state index >= 15 is 0 Å². The fraction of sp³-hybridized carbons (Fsp3) is 0.500. The Balaban J connectivity index is 3.04. The molecule has 2 atom stereocenters. The third kappa shape index (κ3) is 2.80. The molecule has 84 valence electrons. The molecule has 3 heteroatoms. The van der Waals surface area contributed by atoms with E-state index in [9.17, 15) is 0 Å². The van der Waals surface area contributed by atoms with Crippen molar-refractivity contribution in [3.8, 4) is 0 Å². The van der Waals surface area contributed by atoms with Crippen LogP contribution < -0.4 is 5.73 Å². The molecular weight excluding hydrogens is 254 g/mol. The molecule has 0 heterocycles. The van der Waals surface area contributed by atoms with Crippen molar-refractivity contribution in [1.82, 2.24) is 0 Å². The lowest BCUT2D eigenvalue weighted by Gasteiger charge is -2.33. The van der Waals surface area contributed by atoms with Gasteiger partial charge in [0.25, 0.3) is 0 Å². The molecule has 1 aromatic carbocycles. The number of hydrogen-bond acceptors (Lipinski definition) is 2. The summed E-state index contributed by atoms with van der Waals surface area (Å²) in [5.41, 5.74) is 7.02. The maximum Gasteiger partial charge on any atom is 0.0440 e. The molecule has 0 radical (unpaired) electrons. The average molecular weight is 272 g/mol. The van der Waals surface area contributed by atoms with Crippen LogP contribution in [0.3, 0.4) is 0 Å². The minimum atomic E-state index is -0.157. The van der Waals surface area contributed by atoms with E-state index in [0.717, 1.165) is 4.47 Å². The second-order valence-corrected chi connectivity index (χ2v) is 5.10. The minimum Gasteiger partial charge on any atom is -0.396 e. The van der Waals surface area contributed by atoms with Crippen LogP contribution in [0.5, 0.6) is 0 Å². The van der Waals surface area contributed by atoms with Crippen molar-refractivity contribution in [3.05, 3.63) is 34.3 Å². The molecule has 2 nitrogen and oxygen atoms in total. The van der Waals surface area contributed by atoms with Crippen LogP contribution in [0.1, 0.15) is 25.8 Å². The Morgan fingerprint density at radius 2 is 1.93 bits per heavy atom. The highest BCUT2D eigenvalue weighted by Gasteiger charge is 2.30. The fourth-order valence-electron chi connectivity index (χ4n) is 1.70. The Bertz CT molecular complexity index is 310. The van der Waals surface area contributed by atoms with E-state index in [1.54, 1.807) is 0 Å². The van der Waals surface area contributed by atoms with Gasteiger partial charge in [0, 0.05) is 22.5 Å². The van der Waals surface area contributed by atoms with Crippen molar-refractivity contribution in [3.63, 3.8) is 0 Å². The van der Waals surface area contributed by atoms with Crippen LogP contribution in [0.4, 0.5) is 0 Å². The molecule has 0 aliphatic heterocycles. The zero-order valence-electron chi connectivity index (χ0n) is 9.20. The lowest BCUT2D eigenvalue weighted by molar-refractivity contribution is 0.229. The monoisotopic (exact) mass is 271 g/mol. The van der Waals surface area contributed by atoms with E-state index in [0.29, 0.717) is 6.42 Å². The molecular formula is C12H18BrNO. The number of aliphatic hydroxyl groups excluding tert-OH is 1. The van der Waals surface area contributed by atoms with Crippen LogP contribution in [0.25, 0.3) is 0 Å². The summed E-state index contributed by atoms with van der Waals surface area (Å²) in [6, 6.07) is 8.15. The second kappa shape index (κ2) is 5.10. The van der Waals surface area contributed by atoms with Crippen molar-refractivity contribution < 1.29 is 5.11 Å². The number of rotatable bonds is 4. The minimum absolute atomic E-state index is 0.0193. The molecule has 0 aromatic heterocycles. The van der Waals surface area contributed by atoms with Gasteiger partial charge in [0.05, 0.1) is 0 Å². The summed E-state index contributed by atoms with van der Waals surface area (Å²) < 4.78 is 1.06. The highest BCUT2D eigenvalue weighted by Crippen LogP contribution is 2.31. The third-order valence-electron chi connectivity index (χ3n) is 3.14. The molecule has 0 amide bonds. The van der Waals surface area contributed by atoms with Gasteiger partial charge in [0.15, 0.2) is 0 Å². The normalized spacial score (nSPS) is 17.1.